The minimum atomic E-state index is -0.438. The molecule has 11 nitrogen and oxygen atoms in total. The molecule has 1 N–H and O–H groups in total. The number of non-ortho nitro benzene ring substituents is 1. The van der Waals surface area contributed by atoms with Crippen molar-refractivity contribution in [3.8, 4) is 22.5 Å². The standard InChI is InChI=1S/C28H22N8O3/c1-17-16-29-26-11-9-23(32-34(17)26)19-5-3-7-21(13-19)30-28(37)15-25-18(2)35-27(31-25)12-10-24(33-35)20-6-4-8-22(14-20)36(38)39/h3-14,16H,15H2,1-2H3,(H,30,37). The number of imidazole rings is 2. The Morgan fingerprint density at radius 3 is 2.36 bits per heavy atom. The number of amides is 1. The Hall–Kier alpha value is -5.45. The van der Waals surface area contributed by atoms with E-state index in [1.54, 1.807) is 39.5 Å². The number of hydrogen-bond donors (Lipinski definition) is 1. The SMILES string of the molecule is Cc1cnc2ccc(-c3cccc(NC(=O)Cc4nc5ccc(-c6cccc([N+](=O)[O-])c6)nn5c4C)c3)nn12. The molecule has 0 aliphatic rings. The highest BCUT2D eigenvalue weighted by molar-refractivity contribution is 5.93. The summed E-state index contributed by atoms with van der Waals surface area (Å²) in [5, 5.41) is 23.4. The lowest BCUT2D eigenvalue weighted by atomic mass is 10.1. The quantitative estimate of drug-likeness (QED) is 0.247. The normalized spacial score (nSPS) is 11.2. The maximum atomic E-state index is 13.0. The van der Waals surface area contributed by atoms with Gasteiger partial charge in [0.2, 0.25) is 5.91 Å². The zero-order valence-corrected chi connectivity index (χ0v) is 21.1. The molecule has 0 radical (unpaired) electrons. The molecule has 0 saturated carbocycles. The number of nitro groups is 1. The molecule has 6 rings (SSSR count). The van der Waals surface area contributed by atoms with Gasteiger partial charge in [0, 0.05) is 28.9 Å². The minimum absolute atomic E-state index is 0.00801. The van der Waals surface area contributed by atoms with Crippen LogP contribution in [0.25, 0.3) is 33.8 Å². The van der Waals surface area contributed by atoms with Crippen molar-refractivity contribution in [2.45, 2.75) is 20.3 Å². The van der Waals surface area contributed by atoms with Crippen molar-refractivity contribution in [2.75, 3.05) is 5.32 Å². The highest BCUT2D eigenvalue weighted by atomic mass is 16.6. The van der Waals surface area contributed by atoms with Crippen molar-refractivity contribution in [2.24, 2.45) is 0 Å². The number of nitrogens with zero attached hydrogens (tertiary/aromatic N) is 7. The highest BCUT2D eigenvalue weighted by Crippen LogP contribution is 2.24. The summed E-state index contributed by atoms with van der Waals surface area (Å²) in [4.78, 5) is 32.6. The van der Waals surface area contributed by atoms with E-state index in [4.69, 9.17) is 0 Å². The number of nitrogens with one attached hydrogen (secondary N) is 1. The molecular weight excluding hydrogens is 496 g/mol. The van der Waals surface area contributed by atoms with Gasteiger partial charge < -0.3 is 5.32 Å². The van der Waals surface area contributed by atoms with Crippen LogP contribution >= 0.6 is 0 Å². The molecule has 192 valence electrons. The van der Waals surface area contributed by atoms with E-state index < -0.39 is 4.92 Å². The third-order valence-electron chi connectivity index (χ3n) is 6.46. The van der Waals surface area contributed by atoms with Crippen LogP contribution in [0, 0.1) is 24.0 Å². The fraction of sp³-hybridized carbons (Fsp3) is 0.107. The first kappa shape index (κ1) is 23.9. The highest BCUT2D eigenvalue weighted by Gasteiger charge is 2.16. The predicted octanol–water partition coefficient (Wildman–Crippen LogP) is 4.81. The van der Waals surface area contributed by atoms with Crippen LogP contribution in [-0.4, -0.2) is 40.0 Å². The van der Waals surface area contributed by atoms with Crippen LogP contribution in [0.1, 0.15) is 17.1 Å². The van der Waals surface area contributed by atoms with E-state index in [-0.39, 0.29) is 18.0 Å². The van der Waals surface area contributed by atoms with Gasteiger partial charge in [0.15, 0.2) is 11.3 Å². The molecule has 0 aliphatic heterocycles. The second-order valence-corrected chi connectivity index (χ2v) is 9.13. The number of aryl methyl sites for hydroxylation is 2. The van der Waals surface area contributed by atoms with Crippen molar-refractivity contribution >= 4 is 28.6 Å². The third kappa shape index (κ3) is 4.57. The Balaban J connectivity index is 1.22. The lowest BCUT2D eigenvalue weighted by molar-refractivity contribution is -0.384. The summed E-state index contributed by atoms with van der Waals surface area (Å²) >= 11 is 0. The van der Waals surface area contributed by atoms with Gasteiger partial charge in [0.05, 0.1) is 46.0 Å². The molecule has 0 unspecified atom stereocenters. The number of carbonyl (C=O) groups excluding carboxylic acids is 1. The van der Waals surface area contributed by atoms with Gasteiger partial charge in [-0.05, 0) is 50.2 Å². The second kappa shape index (κ2) is 9.45. The van der Waals surface area contributed by atoms with E-state index in [0.29, 0.717) is 28.3 Å². The molecule has 0 bridgehead atoms. The molecule has 0 atom stereocenters. The molecule has 11 heteroatoms. The van der Waals surface area contributed by atoms with Crippen LogP contribution in [0.3, 0.4) is 0 Å². The molecule has 0 saturated heterocycles. The Morgan fingerprint density at radius 2 is 1.59 bits per heavy atom. The van der Waals surface area contributed by atoms with Gasteiger partial charge in [-0.2, -0.15) is 10.2 Å². The second-order valence-electron chi connectivity index (χ2n) is 9.13. The topological polar surface area (TPSA) is 133 Å². The number of aromatic nitrogens is 6. The largest absolute Gasteiger partial charge is 0.326 e. The average Bonchev–Trinajstić information content (AvgIpc) is 3.47. The van der Waals surface area contributed by atoms with Crippen molar-refractivity contribution in [3.63, 3.8) is 0 Å². The van der Waals surface area contributed by atoms with Gasteiger partial charge in [0.1, 0.15) is 0 Å². The Labute approximate surface area is 221 Å². The monoisotopic (exact) mass is 518 g/mol. The van der Waals surface area contributed by atoms with Crippen molar-refractivity contribution in [1.29, 1.82) is 0 Å². The lowest BCUT2D eigenvalue weighted by Gasteiger charge is -2.08. The predicted molar refractivity (Wildman–Crippen MR) is 145 cm³/mol. The maximum absolute atomic E-state index is 13.0. The molecule has 4 aromatic heterocycles. The lowest BCUT2D eigenvalue weighted by Crippen LogP contribution is -2.15. The first-order chi connectivity index (χ1) is 18.9. The summed E-state index contributed by atoms with van der Waals surface area (Å²) in [6, 6.07) is 21.2. The Morgan fingerprint density at radius 1 is 0.897 bits per heavy atom. The van der Waals surface area contributed by atoms with E-state index in [0.717, 1.165) is 28.3 Å². The van der Waals surface area contributed by atoms with E-state index in [1.165, 1.54) is 12.1 Å². The molecule has 0 fully saturated rings. The van der Waals surface area contributed by atoms with Gasteiger partial charge in [-0.15, -0.1) is 0 Å². The summed E-state index contributed by atoms with van der Waals surface area (Å²) in [5.41, 5.74) is 7.06. The van der Waals surface area contributed by atoms with Crippen LogP contribution in [0.15, 0.2) is 79.0 Å². The van der Waals surface area contributed by atoms with Crippen LogP contribution in [0.2, 0.25) is 0 Å². The van der Waals surface area contributed by atoms with E-state index in [9.17, 15) is 14.9 Å². The molecule has 6 aromatic rings. The summed E-state index contributed by atoms with van der Waals surface area (Å²) in [6.07, 6.45) is 1.83. The summed E-state index contributed by atoms with van der Waals surface area (Å²) < 4.78 is 3.43. The summed E-state index contributed by atoms with van der Waals surface area (Å²) in [7, 11) is 0. The minimum Gasteiger partial charge on any atom is -0.326 e. The maximum Gasteiger partial charge on any atom is 0.270 e. The van der Waals surface area contributed by atoms with Gasteiger partial charge in [0.25, 0.3) is 5.69 Å². The van der Waals surface area contributed by atoms with Crippen LogP contribution in [-0.2, 0) is 11.2 Å². The molecule has 39 heavy (non-hydrogen) atoms. The molecule has 0 spiro atoms. The van der Waals surface area contributed by atoms with Gasteiger partial charge >= 0.3 is 0 Å². The van der Waals surface area contributed by atoms with Crippen molar-refractivity contribution in [3.05, 3.63) is 106 Å². The number of rotatable bonds is 6. The zero-order chi connectivity index (χ0) is 27.1. The van der Waals surface area contributed by atoms with Crippen LogP contribution in [0.4, 0.5) is 11.4 Å². The number of carbonyl (C=O) groups is 1. The first-order valence-corrected chi connectivity index (χ1v) is 12.2. The molecule has 1 amide bonds. The van der Waals surface area contributed by atoms with Crippen LogP contribution < -0.4 is 5.32 Å². The molecule has 0 aliphatic carbocycles. The van der Waals surface area contributed by atoms with Gasteiger partial charge in [-0.1, -0.05) is 24.3 Å². The average molecular weight is 519 g/mol. The number of benzene rings is 2. The van der Waals surface area contributed by atoms with Crippen molar-refractivity contribution in [1.82, 2.24) is 29.2 Å². The number of fused-ring (bicyclic) bond motifs is 2. The Kier molecular flexibility index (Phi) is 5.80. The zero-order valence-electron chi connectivity index (χ0n) is 21.1. The van der Waals surface area contributed by atoms with E-state index in [1.807, 2.05) is 50.2 Å². The summed E-state index contributed by atoms with van der Waals surface area (Å²) in [6.45, 7) is 3.78. The first-order valence-electron chi connectivity index (χ1n) is 12.2. The molecular formula is C28H22N8O3. The number of anilines is 1. The van der Waals surface area contributed by atoms with E-state index in [2.05, 4.69) is 25.5 Å². The Bertz CT molecular complexity index is 1910. The van der Waals surface area contributed by atoms with Crippen LogP contribution in [0.5, 0.6) is 0 Å². The fourth-order valence-corrected chi connectivity index (χ4v) is 4.44. The van der Waals surface area contributed by atoms with Crippen molar-refractivity contribution < 1.29 is 9.72 Å². The fourth-order valence-electron chi connectivity index (χ4n) is 4.44. The van der Waals surface area contributed by atoms with Gasteiger partial charge in [-0.25, -0.2) is 19.0 Å². The number of nitro benzene ring substituents is 1. The third-order valence-corrected chi connectivity index (χ3v) is 6.46. The smallest absolute Gasteiger partial charge is 0.270 e. The van der Waals surface area contributed by atoms with Gasteiger partial charge in [-0.3, -0.25) is 14.9 Å². The van der Waals surface area contributed by atoms with E-state index >= 15 is 0 Å². The summed E-state index contributed by atoms with van der Waals surface area (Å²) in [5.74, 6) is -0.216. The molecule has 2 aromatic carbocycles. The molecule has 4 heterocycles. The number of hydrogen-bond acceptors (Lipinski definition) is 7.